The highest BCUT2D eigenvalue weighted by Gasteiger charge is 2.13. The summed E-state index contributed by atoms with van der Waals surface area (Å²) in [6.07, 6.45) is 2.56. The molecule has 0 unspecified atom stereocenters. The molecule has 0 spiro atoms. The van der Waals surface area contributed by atoms with Gasteiger partial charge in [-0.15, -0.1) is 0 Å². The second kappa shape index (κ2) is 4.79. The Morgan fingerprint density at radius 3 is 2.71 bits per heavy atom. The van der Waals surface area contributed by atoms with E-state index in [0.717, 1.165) is 29.1 Å². The monoisotopic (exact) mass is 234 g/mol. The van der Waals surface area contributed by atoms with Gasteiger partial charge in [-0.1, -0.05) is 20.8 Å². The Labute approximate surface area is 101 Å². The molecule has 17 heavy (non-hydrogen) atoms. The standard InChI is InChI=1S/C12H18N4O/c1-4-9-10-12(15-11(14-9)8(2)3)16(5-6-17)7-13-10/h7-8,17H,4-6H2,1-3H3. The molecule has 5 heteroatoms. The first kappa shape index (κ1) is 12.0. The number of rotatable bonds is 4. The quantitative estimate of drug-likeness (QED) is 0.870. The molecule has 0 saturated heterocycles. The lowest BCUT2D eigenvalue weighted by atomic mass is 10.2. The number of aliphatic hydroxyl groups excluding tert-OH is 1. The van der Waals surface area contributed by atoms with Gasteiger partial charge >= 0.3 is 0 Å². The van der Waals surface area contributed by atoms with E-state index in [9.17, 15) is 0 Å². The van der Waals surface area contributed by atoms with Crippen molar-refractivity contribution in [1.82, 2.24) is 19.5 Å². The van der Waals surface area contributed by atoms with Gasteiger partial charge in [0.05, 0.1) is 18.6 Å². The molecule has 2 rings (SSSR count). The van der Waals surface area contributed by atoms with Crippen molar-refractivity contribution in [2.45, 2.75) is 39.7 Å². The van der Waals surface area contributed by atoms with Gasteiger partial charge in [0.25, 0.3) is 0 Å². The highest BCUT2D eigenvalue weighted by molar-refractivity contribution is 5.73. The minimum Gasteiger partial charge on any atom is -0.395 e. The smallest absolute Gasteiger partial charge is 0.163 e. The van der Waals surface area contributed by atoms with Crippen LogP contribution in [0.1, 0.15) is 38.2 Å². The molecular formula is C12H18N4O. The fourth-order valence-corrected chi connectivity index (χ4v) is 1.80. The van der Waals surface area contributed by atoms with Crippen LogP contribution in [0.2, 0.25) is 0 Å². The molecule has 2 aromatic heterocycles. The predicted molar refractivity (Wildman–Crippen MR) is 65.9 cm³/mol. The lowest BCUT2D eigenvalue weighted by Crippen LogP contribution is -2.06. The van der Waals surface area contributed by atoms with Gasteiger partial charge in [-0.25, -0.2) is 15.0 Å². The van der Waals surface area contributed by atoms with Gasteiger partial charge in [-0.3, -0.25) is 0 Å². The van der Waals surface area contributed by atoms with Gasteiger partial charge in [0.1, 0.15) is 11.3 Å². The molecule has 2 aromatic rings. The molecule has 0 radical (unpaired) electrons. The largest absolute Gasteiger partial charge is 0.395 e. The maximum atomic E-state index is 9.01. The molecule has 0 atom stereocenters. The Balaban J connectivity index is 2.63. The highest BCUT2D eigenvalue weighted by Crippen LogP contribution is 2.18. The fraction of sp³-hybridized carbons (Fsp3) is 0.583. The summed E-state index contributed by atoms with van der Waals surface area (Å²) in [4.78, 5) is 13.4. The van der Waals surface area contributed by atoms with Crippen molar-refractivity contribution in [2.24, 2.45) is 0 Å². The second-order valence-corrected chi connectivity index (χ2v) is 4.37. The zero-order valence-electron chi connectivity index (χ0n) is 10.5. The zero-order valence-corrected chi connectivity index (χ0v) is 10.5. The normalized spacial score (nSPS) is 11.6. The Morgan fingerprint density at radius 2 is 2.12 bits per heavy atom. The number of hydrogen-bond acceptors (Lipinski definition) is 4. The van der Waals surface area contributed by atoms with E-state index in [1.165, 1.54) is 0 Å². The van der Waals surface area contributed by atoms with Gasteiger partial charge in [-0.2, -0.15) is 0 Å². The maximum absolute atomic E-state index is 9.01. The molecule has 0 aliphatic carbocycles. The number of nitrogens with zero attached hydrogens (tertiary/aromatic N) is 4. The van der Waals surface area contributed by atoms with Crippen molar-refractivity contribution in [2.75, 3.05) is 6.61 Å². The summed E-state index contributed by atoms with van der Waals surface area (Å²) >= 11 is 0. The molecule has 5 nitrogen and oxygen atoms in total. The average Bonchev–Trinajstić information content (AvgIpc) is 2.72. The highest BCUT2D eigenvalue weighted by atomic mass is 16.3. The van der Waals surface area contributed by atoms with E-state index in [1.54, 1.807) is 6.33 Å². The van der Waals surface area contributed by atoms with Crippen molar-refractivity contribution >= 4 is 11.2 Å². The van der Waals surface area contributed by atoms with Crippen LogP contribution in [0, 0.1) is 0 Å². The van der Waals surface area contributed by atoms with Crippen LogP contribution in [-0.2, 0) is 13.0 Å². The third-order valence-electron chi connectivity index (χ3n) is 2.75. The Kier molecular flexibility index (Phi) is 3.38. The maximum Gasteiger partial charge on any atom is 0.163 e. The number of fused-ring (bicyclic) bond motifs is 1. The second-order valence-electron chi connectivity index (χ2n) is 4.37. The minimum absolute atomic E-state index is 0.0912. The molecular weight excluding hydrogens is 216 g/mol. The van der Waals surface area contributed by atoms with E-state index in [-0.39, 0.29) is 6.61 Å². The van der Waals surface area contributed by atoms with Gasteiger partial charge < -0.3 is 9.67 Å². The SMILES string of the molecule is CCc1nc(C(C)C)nc2c1ncn2CCO. The van der Waals surface area contributed by atoms with E-state index in [0.29, 0.717) is 12.5 Å². The third-order valence-corrected chi connectivity index (χ3v) is 2.75. The van der Waals surface area contributed by atoms with Gasteiger partial charge in [0.2, 0.25) is 0 Å². The third kappa shape index (κ3) is 2.15. The van der Waals surface area contributed by atoms with Crippen molar-refractivity contribution in [3.8, 4) is 0 Å². The molecule has 0 aromatic carbocycles. The summed E-state index contributed by atoms with van der Waals surface area (Å²) < 4.78 is 1.88. The summed E-state index contributed by atoms with van der Waals surface area (Å²) in [6, 6.07) is 0. The molecule has 1 N–H and O–H groups in total. The topological polar surface area (TPSA) is 63.8 Å². The van der Waals surface area contributed by atoms with Crippen LogP contribution in [0.15, 0.2) is 6.33 Å². The molecule has 0 fully saturated rings. The van der Waals surface area contributed by atoms with Crippen molar-refractivity contribution < 1.29 is 5.11 Å². The van der Waals surface area contributed by atoms with Crippen LogP contribution in [0.25, 0.3) is 11.2 Å². The molecule has 2 heterocycles. The van der Waals surface area contributed by atoms with Crippen LogP contribution < -0.4 is 0 Å². The molecule has 0 bridgehead atoms. The number of aryl methyl sites for hydroxylation is 1. The molecule has 0 aliphatic rings. The summed E-state index contributed by atoms with van der Waals surface area (Å²) in [5.74, 6) is 1.14. The number of aliphatic hydroxyl groups is 1. The Hall–Kier alpha value is -1.49. The Bertz CT molecular complexity index is 518. The first-order valence-corrected chi connectivity index (χ1v) is 5.99. The number of imidazole rings is 1. The molecule has 0 saturated carbocycles. The lowest BCUT2D eigenvalue weighted by Gasteiger charge is -2.07. The van der Waals surface area contributed by atoms with Gasteiger partial charge in [0, 0.05) is 12.5 Å². The molecule has 92 valence electrons. The van der Waals surface area contributed by atoms with E-state index in [4.69, 9.17) is 5.11 Å². The summed E-state index contributed by atoms with van der Waals surface area (Å²) in [7, 11) is 0. The number of aromatic nitrogens is 4. The van der Waals surface area contributed by atoms with E-state index >= 15 is 0 Å². The van der Waals surface area contributed by atoms with Gasteiger partial charge in [0.15, 0.2) is 5.65 Å². The minimum atomic E-state index is 0.0912. The van der Waals surface area contributed by atoms with Crippen molar-refractivity contribution in [3.05, 3.63) is 17.8 Å². The van der Waals surface area contributed by atoms with E-state index in [1.807, 2.05) is 4.57 Å². The summed E-state index contributed by atoms with van der Waals surface area (Å²) in [5, 5.41) is 9.01. The van der Waals surface area contributed by atoms with Crippen molar-refractivity contribution in [1.29, 1.82) is 0 Å². The van der Waals surface area contributed by atoms with E-state index in [2.05, 4.69) is 35.7 Å². The average molecular weight is 234 g/mol. The lowest BCUT2D eigenvalue weighted by molar-refractivity contribution is 0.277. The number of hydrogen-bond donors (Lipinski definition) is 1. The predicted octanol–water partition coefficient (Wildman–Crippen LogP) is 1.50. The first-order valence-electron chi connectivity index (χ1n) is 5.99. The van der Waals surface area contributed by atoms with Crippen LogP contribution in [-0.4, -0.2) is 31.2 Å². The Morgan fingerprint density at radius 1 is 1.35 bits per heavy atom. The first-order chi connectivity index (χ1) is 8.17. The van der Waals surface area contributed by atoms with Gasteiger partial charge in [-0.05, 0) is 6.42 Å². The van der Waals surface area contributed by atoms with E-state index < -0.39 is 0 Å². The summed E-state index contributed by atoms with van der Waals surface area (Å²) in [5.41, 5.74) is 2.66. The van der Waals surface area contributed by atoms with Crippen LogP contribution in [0.5, 0.6) is 0 Å². The van der Waals surface area contributed by atoms with Crippen LogP contribution in [0.4, 0.5) is 0 Å². The zero-order chi connectivity index (χ0) is 12.4. The summed E-state index contributed by atoms with van der Waals surface area (Å²) in [6.45, 7) is 6.83. The fourth-order valence-electron chi connectivity index (χ4n) is 1.80. The van der Waals surface area contributed by atoms with Crippen LogP contribution in [0.3, 0.4) is 0 Å². The van der Waals surface area contributed by atoms with Crippen molar-refractivity contribution in [3.63, 3.8) is 0 Å². The molecule has 0 amide bonds. The van der Waals surface area contributed by atoms with Crippen LogP contribution >= 0.6 is 0 Å². The molecule has 0 aliphatic heterocycles.